The zero-order valence-corrected chi connectivity index (χ0v) is 14.0. The van der Waals surface area contributed by atoms with Crippen molar-refractivity contribution in [3.63, 3.8) is 0 Å². The van der Waals surface area contributed by atoms with Gasteiger partial charge in [-0.15, -0.1) is 0 Å². The van der Waals surface area contributed by atoms with Crippen molar-refractivity contribution in [2.24, 2.45) is 0 Å². The highest BCUT2D eigenvalue weighted by atomic mass is 32.2. The largest absolute Gasteiger partial charge is 0.379 e. The van der Waals surface area contributed by atoms with E-state index in [0.717, 1.165) is 0 Å². The van der Waals surface area contributed by atoms with Crippen LogP contribution in [-0.4, -0.2) is 51.0 Å². The lowest BCUT2D eigenvalue weighted by molar-refractivity contribution is 0.0194. The van der Waals surface area contributed by atoms with E-state index in [1.165, 1.54) is 22.5 Å². The fraction of sp³-hybridized carbons (Fsp3) is 0.357. The van der Waals surface area contributed by atoms with Crippen LogP contribution in [0.4, 0.5) is 0 Å². The zero-order valence-electron chi connectivity index (χ0n) is 13.2. The molecular formula is C14H15N5O5S. The van der Waals surface area contributed by atoms with Crippen molar-refractivity contribution < 1.29 is 18.0 Å². The van der Waals surface area contributed by atoms with E-state index in [4.69, 9.17) is 4.52 Å². The van der Waals surface area contributed by atoms with Gasteiger partial charge >= 0.3 is 5.69 Å². The van der Waals surface area contributed by atoms with Crippen LogP contribution in [0.2, 0.25) is 0 Å². The molecule has 1 aliphatic heterocycles. The van der Waals surface area contributed by atoms with Crippen molar-refractivity contribution in [1.82, 2.24) is 24.4 Å². The van der Waals surface area contributed by atoms with Crippen molar-refractivity contribution >= 4 is 21.1 Å². The minimum absolute atomic E-state index is 0.00752. The summed E-state index contributed by atoms with van der Waals surface area (Å²) in [6, 6.07) is 4.32. The molecule has 132 valence electrons. The van der Waals surface area contributed by atoms with Crippen LogP contribution in [0.1, 0.15) is 18.1 Å². The van der Waals surface area contributed by atoms with Gasteiger partial charge in [-0.1, -0.05) is 5.16 Å². The van der Waals surface area contributed by atoms with E-state index in [2.05, 4.69) is 20.1 Å². The van der Waals surface area contributed by atoms with Crippen molar-refractivity contribution in [2.45, 2.75) is 23.8 Å². The van der Waals surface area contributed by atoms with Crippen LogP contribution >= 0.6 is 0 Å². The molecule has 25 heavy (non-hydrogen) atoms. The summed E-state index contributed by atoms with van der Waals surface area (Å²) in [5.74, 6) is 0.375. The predicted octanol–water partition coefficient (Wildman–Crippen LogP) is -0.170. The Bertz CT molecular complexity index is 1110. The Hall–Kier alpha value is -2.50. The number of imidazole rings is 1. The van der Waals surface area contributed by atoms with E-state index >= 15 is 0 Å². The Morgan fingerprint density at radius 2 is 2.08 bits per heavy atom. The highest BCUT2D eigenvalue weighted by Gasteiger charge is 2.46. The van der Waals surface area contributed by atoms with Gasteiger partial charge in [0.2, 0.25) is 10.0 Å². The van der Waals surface area contributed by atoms with Crippen molar-refractivity contribution in [3.05, 3.63) is 40.4 Å². The van der Waals surface area contributed by atoms with E-state index < -0.39 is 21.3 Å². The molecule has 0 spiro atoms. The van der Waals surface area contributed by atoms with Crippen LogP contribution in [0.25, 0.3) is 11.0 Å². The van der Waals surface area contributed by atoms with Crippen LogP contribution in [-0.2, 0) is 15.6 Å². The number of aromatic nitrogens is 4. The molecule has 11 heteroatoms. The summed E-state index contributed by atoms with van der Waals surface area (Å²) < 4.78 is 31.9. The van der Waals surface area contributed by atoms with Crippen LogP contribution in [0, 0.1) is 6.92 Å². The van der Waals surface area contributed by atoms with Crippen LogP contribution in [0.5, 0.6) is 0 Å². The maximum Gasteiger partial charge on any atom is 0.323 e. The predicted molar refractivity (Wildman–Crippen MR) is 85.2 cm³/mol. The summed E-state index contributed by atoms with van der Waals surface area (Å²) >= 11 is 0. The first-order valence-electron chi connectivity index (χ1n) is 7.53. The lowest BCUT2D eigenvalue weighted by Crippen LogP contribution is -2.34. The number of aliphatic hydroxyl groups is 1. The van der Waals surface area contributed by atoms with Gasteiger partial charge in [-0.25, -0.2) is 13.2 Å². The minimum Gasteiger partial charge on any atom is -0.379 e. The molecule has 0 bridgehead atoms. The summed E-state index contributed by atoms with van der Waals surface area (Å²) in [6.45, 7) is 1.55. The Morgan fingerprint density at radius 1 is 1.32 bits per heavy atom. The molecular weight excluding hydrogens is 350 g/mol. The maximum atomic E-state index is 12.9. The molecule has 1 aliphatic rings. The number of sulfonamides is 1. The Kier molecular flexibility index (Phi) is 3.36. The van der Waals surface area contributed by atoms with E-state index in [0.29, 0.717) is 16.9 Å². The number of nitrogens with one attached hydrogen (secondary N) is 2. The third kappa shape index (κ3) is 2.56. The molecule has 4 rings (SSSR count). The standard InChI is InChI=1S/C14H15N5O5S/c1-8-15-12(24-18-8)14(21)4-5-19(7-14)25(22,23)9-2-3-10-11(6-9)17-13(20)16-10/h2-3,6,21H,4-5,7H2,1H3,(H2,16,17,20)/t14-/m0/s1. The monoisotopic (exact) mass is 365 g/mol. The third-order valence-electron chi connectivity index (χ3n) is 4.26. The van der Waals surface area contributed by atoms with Gasteiger partial charge in [-0.3, -0.25) is 0 Å². The fourth-order valence-corrected chi connectivity index (χ4v) is 4.47. The van der Waals surface area contributed by atoms with Gasteiger partial charge in [-0.2, -0.15) is 9.29 Å². The molecule has 0 unspecified atom stereocenters. The molecule has 1 aromatic carbocycles. The number of β-amino-alcohol motifs (C(OH)–C–C–N with tert-alkyl or cyclic N) is 1. The van der Waals surface area contributed by atoms with Crippen molar-refractivity contribution in [3.8, 4) is 0 Å². The quantitative estimate of drug-likeness (QED) is 0.584. The van der Waals surface area contributed by atoms with Gasteiger partial charge in [0.05, 0.1) is 22.5 Å². The van der Waals surface area contributed by atoms with E-state index in [9.17, 15) is 18.3 Å². The highest BCUT2D eigenvalue weighted by molar-refractivity contribution is 7.89. The topological polar surface area (TPSA) is 145 Å². The van der Waals surface area contributed by atoms with E-state index in [1.807, 2.05) is 0 Å². The second-order valence-electron chi connectivity index (χ2n) is 6.05. The fourth-order valence-electron chi connectivity index (χ4n) is 2.95. The van der Waals surface area contributed by atoms with Crippen LogP contribution in [0.15, 0.2) is 32.4 Å². The number of aromatic amines is 2. The molecule has 0 aliphatic carbocycles. The zero-order chi connectivity index (χ0) is 17.8. The summed E-state index contributed by atoms with van der Waals surface area (Å²) in [6.07, 6.45) is 0.150. The maximum absolute atomic E-state index is 12.9. The normalized spacial score (nSPS) is 22.0. The van der Waals surface area contributed by atoms with Crippen LogP contribution < -0.4 is 5.69 Å². The second-order valence-corrected chi connectivity index (χ2v) is 7.99. The molecule has 2 aromatic heterocycles. The highest BCUT2D eigenvalue weighted by Crippen LogP contribution is 2.34. The van der Waals surface area contributed by atoms with E-state index in [1.54, 1.807) is 6.92 Å². The molecule has 1 atom stereocenters. The number of fused-ring (bicyclic) bond motifs is 1. The van der Waals surface area contributed by atoms with Gasteiger partial charge in [0.15, 0.2) is 11.4 Å². The number of hydrogen-bond donors (Lipinski definition) is 3. The number of H-pyrrole nitrogens is 2. The number of aryl methyl sites for hydroxylation is 1. The summed E-state index contributed by atoms with van der Waals surface area (Å²) in [5.41, 5.74) is -1.01. The minimum atomic E-state index is -3.85. The van der Waals surface area contributed by atoms with E-state index in [-0.39, 0.29) is 30.3 Å². The SMILES string of the molecule is Cc1noc([C@]2(O)CCN(S(=O)(=O)c3ccc4[nH]c(=O)[nH]c4c3)C2)n1. The third-order valence-corrected chi connectivity index (χ3v) is 6.10. The summed E-state index contributed by atoms with van der Waals surface area (Å²) in [4.78, 5) is 20.4. The van der Waals surface area contributed by atoms with Gasteiger partial charge in [-0.05, 0) is 25.1 Å². The molecule has 0 amide bonds. The van der Waals surface area contributed by atoms with Gasteiger partial charge in [0.25, 0.3) is 5.89 Å². The smallest absolute Gasteiger partial charge is 0.323 e. The lowest BCUT2D eigenvalue weighted by atomic mass is 10.0. The number of benzene rings is 1. The Morgan fingerprint density at radius 3 is 2.80 bits per heavy atom. The van der Waals surface area contributed by atoms with Gasteiger partial charge in [0.1, 0.15) is 0 Å². The molecule has 0 radical (unpaired) electrons. The first kappa shape index (κ1) is 16.0. The molecule has 10 nitrogen and oxygen atoms in total. The number of rotatable bonds is 3. The Labute approximate surface area is 141 Å². The summed E-state index contributed by atoms with van der Waals surface area (Å²) in [7, 11) is -3.85. The van der Waals surface area contributed by atoms with Crippen LogP contribution in [0.3, 0.4) is 0 Å². The molecule has 0 saturated carbocycles. The average Bonchev–Trinajstić information content (AvgIpc) is 3.24. The second kappa shape index (κ2) is 5.25. The lowest BCUT2D eigenvalue weighted by Gasteiger charge is -2.19. The molecule has 3 heterocycles. The molecule has 3 aromatic rings. The number of nitrogens with zero attached hydrogens (tertiary/aromatic N) is 3. The first-order valence-corrected chi connectivity index (χ1v) is 8.97. The van der Waals surface area contributed by atoms with Gasteiger partial charge < -0.3 is 19.6 Å². The molecule has 3 N–H and O–H groups in total. The molecule has 1 saturated heterocycles. The van der Waals surface area contributed by atoms with Crippen molar-refractivity contribution in [1.29, 1.82) is 0 Å². The number of hydrogen-bond acceptors (Lipinski definition) is 7. The summed E-state index contributed by atoms with van der Waals surface area (Å²) in [5, 5.41) is 14.3. The first-order chi connectivity index (χ1) is 11.8. The van der Waals surface area contributed by atoms with Gasteiger partial charge in [0, 0.05) is 13.0 Å². The Balaban J connectivity index is 1.67. The molecule has 1 fully saturated rings. The van der Waals surface area contributed by atoms with Crippen molar-refractivity contribution in [2.75, 3.05) is 13.1 Å². The average molecular weight is 365 g/mol.